The Hall–Kier alpha value is -1.66. The fourth-order valence-corrected chi connectivity index (χ4v) is 2.33. The predicted molar refractivity (Wildman–Crippen MR) is 75.8 cm³/mol. The maximum absolute atomic E-state index is 5.31. The van der Waals surface area contributed by atoms with Crippen LogP contribution in [0.3, 0.4) is 0 Å². The molecule has 0 fully saturated rings. The van der Waals surface area contributed by atoms with Crippen LogP contribution in [0, 0.1) is 0 Å². The van der Waals surface area contributed by atoms with Crippen LogP contribution in [0.1, 0.15) is 11.4 Å². The largest absolute Gasteiger partial charge is 0.496 e. The molecule has 1 heterocycles. The van der Waals surface area contributed by atoms with Gasteiger partial charge in [0.05, 0.1) is 7.11 Å². The summed E-state index contributed by atoms with van der Waals surface area (Å²) in [6, 6.07) is 8.02. The van der Waals surface area contributed by atoms with Crippen LogP contribution in [0.5, 0.6) is 5.75 Å². The number of hydrogen-bond donors (Lipinski definition) is 1. The van der Waals surface area contributed by atoms with Crippen molar-refractivity contribution < 1.29 is 9.47 Å². The SMILES string of the molecule is COCc1nsc(NCCc2ccccc2OC)n1. The zero-order chi connectivity index (χ0) is 13.5. The van der Waals surface area contributed by atoms with Gasteiger partial charge in [-0.2, -0.15) is 4.37 Å². The summed E-state index contributed by atoms with van der Waals surface area (Å²) in [6.07, 6.45) is 0.878. The molecule has 0 aliphatic carbocycles. The van der Waals surface area contributed by atoms with Crippen molar-refractivity contribution in [1.82, 2.24) is 9.36 Å². The monoisotopic (exact) mass is 279 g/mol. The lowest BCUT2D eigenvalue weighted by Crippen LogP contribution is -2.05. The van der Waals surface area contributed by atoms with E-state index < -0.39 is 0 Å². The minimum atomic E-state index is 0.449. The number of methoxy groups -OCH3 is 2. The molecule has 0 aliphatic rings. The first-order valence-corrected chi connectivity index (χ1v) is 6.78. The second-order valence-corrected chi connectivity index (χ2v) is 4.69. The third-order valence-corrected chi connectivity index (χ3v) is 3.32. The fourth-order valence-electron chi connectivity index (χ4n) is 1.73. The number of rotatable bonds is 7. The molecule has 5 nitrogen and oxygen atoms in total. The summed E-state index contributed by atoms with van der Waals surface area (Å²) in [5, 5.41) is 4.08. The number of anilines is 1. The molecule has 0 spiro atoms. The van der Waals surface area contributed by atoms with Gasteiger partial charge in [0.25, 0.3) is 0 Å². The highest BCUT2D eigenvalue weighted by Gasteiger charge is 2.04. The molecular formula is C13H17N3O2S. The first-order chi connectivity index (χ1) is 9.33. The number of ether oxygens (including phenoxy) is 2. The Bertz CT molecular complexity index is 516. The van der Waals surface area contributed by atoms with E-state index in [2.05, 4.69) is 20.7 Å². The van der Waals surface area contributed by atoms with Crippen molar-refractivity contribution in [3.05, 3.63) is 35.7 Å². The zero-order valence-electron chi connectivity index (χ0n) is 11.0. The van der Waals surface area contributed by atoms with Crippen molar-refractivity contribution in [2.45, 2.75) is 13.0 Å². The molecular weight excluding hydrogens is 262 g/mol. The van der Waals surface area contributed by atoms with Crippen molar-refractivity contribution in [2.24, 2.45) is 0 Å². The summed E-state index contributed by atoms with van der Waals surface area (Å²) in [4.78, 5) is 4.31. The molecule has 2 aromatic rings. The second-order valence-electron chi connectivity index (χ2n) is 3.94. The topological polar surface area (TPSA) is 56.3 Å². The van der Waals surface area contributed by atoms with Gasteiger partial charge in [-0.3, -0.25) is 0 Å². The number of benzene rings is 1. The standard InChI is InChI=1S/C13H17N3O2S/c1-17-9-12-15-13(19-16-12)14-8-7-10-5-3-4-6-11(10)18-2/h3-6H,7-9H2,1-2H3,(H,14,15,16). The summed E-state index contributed by atoms with van der Waals surface area (Å²) >= 11 is 1.35. The zero-order valence-corrected chi connectivity index (χ0v) is 11.9. The molecule has 102 valence electrons. The molecule has 0 unspecified atom stereocenters. The van der Waals surface area contributed by atoms with Gasteiger partial charge in [-0.05, 0) is 18.1 Å². The van der Waals surface area contributed by atoms with Gasteiger partial charge in [0.1, 0.15) is 12.4 Å². The Morgan fingerprint density at radius 2 is 2.11 bits per heavy atom. The van der Waals surface area contributed by atoms with Crippen molar-refractivity contribution in [2.75, 3.05) is 26.1 Å². The molecule has 0 amide bonds. The Labute approximate surface area is 116 Å². The molecule has 1 aromatic heterocycles. The Morgan fingerprint density at radius 1 is 1.26 bits per heavy atom. The highest BCUT2D eigenvalue weighted by atomic mass is 32.1. The molecule has 0 saturated heterocycles. The van der Waals surface area contributed by atoms with Gasteiger partial charge in [-0.1, -0.05) is 18.2 Å². The third kappa shape index (κ3) is 3.90. The lowest BCUT2D eigenvalue weighted by Gasteiger charge is -2.07. The molecule has 0 atom stereocenters. The van der Waals surface area contributed by atoms with E-state index >= 15 is 0 Å². The summed E-state index contributed by atoms with van der Waals surface area (Å²) in [6.45, 7) is 1.24. The van der Waals surface area contributed by atoms with Crippen molar-refractivity contribution in [3.8, 4) is 5.75 Å². The van der Waals surface area contributed by atoms with E-state index in [4.69, 9.17) is 9.47 Å². The number of hydrogen-bond acceptors (Lipinski definition) is 6. The summed E-state index contributed by atoms with van der Waals surface area (Å²) in [5.74, 6) is 1.63. The highest BCUT2D eigenvalue weighted by molar-refractivity contribution is 7.09. The molecule has 0 aliphatic heterocycles. The number of aromatic nitrogens is 2. The van der Waals surface area contributed by atoms with Crippen molar-refractivity contribution >= 4 is 16.7 Å². The Morgan fingerprint density at radius 3 is 2.89 bits per heavy atom. The van der Waals surface area contributed by atoms with Gasteiger partial charge in [-0.25, -0.2) is 4.98 Å². The van der Waals surface area contributed by atoms with Crippen LogP contribution in [0.4, 0.5) is 5.13 Å². The number of nitrogens with one attached hydrogen (secondary N) is 1. The normalized spacial score (nSPS) is 10.4. The number of para-hydroxylation sites is 1. The lowest BCUT2D eigenvalue weighted by molar-refractivity contribution is 0.179. The van der Waals surface area contributed by atoms with Crippen LogP contribution >= 0.6 is 11.5 Å². The predicted octanol–water partition coefficient (Wildman–Crippen LogP) is 2.35. The van der Waals surface area contributed by atoms with E-state index in [-0.39, 0.29) is 0 Å². The number of nitrogens with zero attached hydrogens (tertiary/aromatic N) is 2. The van der Waals surface area contributed by atoms with Gasteiger partial charge >= 0.3 is 0 Å². The molecule has 0 saturated carbocycles. The van der Waals surface area contributed by atoms with E-state index in [1.54, 1.807) is 14.2 Å². The van der Waals surface area contributed by atoms with E-state index in [9.17, 15) is 0 Å². The summed E-state index contributed by atoms with van der Waals surface area (Å²) < 4.78 is 14.5. The second kappa shape index (κ2) is 7.06. The molecule has 0 bridgehead atoms. The smallest absolute Gasteiger partial charge is 0.202 e. The van der Waals surface area contributed by atoms with Gasteiger partial charge < -0.3 is 14.8 Å². The lowest BCUT2D eigenvalue weighted by atomic mass is 10.1. The van der Waals surface area contributed by atoms with E-state index in [1.165, 1.54) is 17.1 Å². The van der Waals surface area contributed by atoms with Gasteiger partial charge in [0.2, 0.25) is 5.13 Å². The first kappa shape index (κ1) is 13.8. The van der Waals surface area contributed by atoms with Crippen molar-refractivity contribution in [1.29, 1.82) is 0 Å². The average Bonchev–Trinajstić information content (AvgIpc) is 2.87. The average molecular weight is 279 g/mol. The first-order valence-electron chi connectivity index (χ1n) is 6.00. The van der Waals surface area contributed by atoms with Crippen LogP contribution in [0.15, 0.2) is 24.3 Å². The van der Waals surface area contributed by atoms with Crippen LogP contribution in [-0.2, 0) is 17.8 Å². The van der Waals surface area contributed by atoms with Crippen LogP contribution < -0.4 is 10.1 Å². The van der Waals surface area contributed by atoms with Crippen LogP contribution in [-0.4, -0.2) is 30.1 Å². The minimum absolute atomic E-state index is 0.449. The van der Waals surface area contributed by atoms with Gasteiger partial charge in [-0.15, -0.1) is 0 Å². The highest BCUT2D eigenvalue weighted by Crippen LogP contribution is 2.18. The van der Waals surface area contributed by atoms with Crippen molar-refractivity contribution in [3.63, 3.8) is 0 Å². The molecule has 19 heavy (non-hydrogen) atoms. The van der Waals surface area contributed by atoms with E-state index in [1.807, 2.05) is 18.2 Å². The van der Waals surface area contributed by atoms with E-state index in [0.717, 1.165) is 23.8 Å². The fraction of sp³-hybridized carbons (Fsp3) is 0.385. The molecule has 6 heteroatoms. The van der Waals surface area contributed by atoms with Crippen LogP contribution in [0.2, 0.25) is 0 Å². The summed E-state index contributed by atoms with van der Waals surface area (Å²) in [5.41, 5.74) is 1.18. The minimum Gasteiger partial charge on any atom is -0.496 e. The Kier molecular flexibility index (Phi) is 5.11. The maximum Gasteiger partial charge on any atom is 0.202 e. The Balaban J connectivity index is 1.85. The summed E-state index contributed by atoms with van der Waals surface area (Å²) in [7, 11) is 3.32. The third-order valence-electron chi connectivity index (χ3n) is 2.60. The van der Waals surface area contributed by atoms with Gasteiger partial charge in [0.15, 0.2) is 5.82 Å². The van der Waals surface area contributed by atoms with E-state index in [0.29, 0.717) is 12.4 Å². The molecule has 0 radical (unpaired) electrons. The van der Waals surface area contributed by atoms with Crippen LogP contribution in [0.25, 0.3) is 0 Å². The molecule has 1 aromatic carbocycles. The van der Waals surface area contributed by atoms with Gasteiger partial charge in [0, 0.05) is 25.2 Å². The molecule has 1 N–H and O–H groups in total. The quantitative estimate of drug-likeness (QED) is 0.843. The molecule has 2 rings (SSSR count). The maximum atomic E-state index is 5.31.